The fourth-order valence-electron chi connectivity index (χ4n) is 0.425. The van der Waals surface area contributed by atoms with Gasteiger partial charge in [0.05, 0.1) is 12.0 Å². The predicted octanol–water partition coefficient (Wildman–Crippen LogP) is 0.951. The molecule has 0 saturated heterocycles. The van der Waals surface area contributed by atoms with E-state index in [0.717, 1.165) is 0 Å². The Morgan fingerprint density at radius 2 is 2.67 bits per heavy atom. The van der Waals surface area contributed by atoms with E-state index in [9.17, 15) is 4.21 Å². The summed E-state index contributed by atoms with van der Waals surface area (Å²) in [5, 5.41) is 4.83. The maximum atomic E-state index is 10.4. The summed E-state index contributed by atoms with van der Waals surface area (Å²) in [6.45, 7) is 2.36. The minimum absolute atomic E-state index is 0.357. The molecule has 0 aliphatic carbocycles. The molecule has 1 aliphatic heterocycles. The van der Waals surface area contributed by atoms with Crippen LogP contribution in [0.5, 0.6) is 0 Å². The summed E-state index contributed by atoms with van der Waals surface area (Å²) < 4.78 is 18.6. The quantitative estimate of drug-likeness (QED) is 0.582. The van der Waals surface area contributed by atoms with Gasteiger partial charge in [0.1, 0.15) is 0 Å². The van der Waals surface area contributed by atoms with E-state index in [0.29, 0.717) is 12.5 Å². The van der Waals surface area contributed by atoms with E-state index >= 15 is 0 Å². The molecule has 0 spiro atoms. The van der Waals surface area contributed by atoms with E-state index in [1.807, 2.05) is 6.92 Å². The van der Waals surface area contributed by atoms with Crippen molar-refractivity contribution in [3.63, 3.8) is 0 Å². The zero-order valence-electron chi connectivity index (χ0n) is 4.90. The van der Waals surface area contributed by atoms with Crippen LogP contribution < -0.4 is 0 Å². The lowest BCUT2D eigenvalue weighted by molar-refractivity contribution is 0.226. The molecule has 0 radical (unpaired) electrons. The van der Waals surface area contributed by atoms with Gasteiger partial charge in [-0.25, -0.2) is 4.21 Å². The lowest BCUT2D eigenvalue weighted by Crippen LogP contribution is -1.84. The zero-order chi connectivity index (χ0) is 6.69. The van der Waals surface area contributed by atoms with E-state index < -0.39 is 11.0 Å². The van der Waals surface area contributed by atoms with E-state index in [-0.39, 0.29) is 0 Å². The average Bonchev–Trinajstić information content (AvgIpc) is 2.17. The van der Waals surface area contributed by atoms with Crippen molar-refractivity contribution < 1.29 is 8.95 Å². The molecule has 0 bridgehead atoms. The second-order valence-electron chi connectivity index (χ2n) is 1.35. The van der Waals surface area contributed by atoms with Gasteiger partial charge in [0.2, 0.25) is 5.88 Å². The van der Waals surface area contributed by atoms with Crippen molar-refractivity contribution in [2.45, 2.75) is 6.92 Å². The van der Waals surface area contributed by atoms with Gasteiger partial charge in [-0.3, -0.25) is 0 Å². The molecule has 1 heterocycles. The standard InChI is InChI=1S/C4H6N2O2S/c1-2-8-4-3-9(7)6-5-4/h3H,2H2,1H3. The summed E-state index contributed by atoms with van der Waals surface area (Å²) in [7, 11) is -1.28. The molecule has 0 saturated carbocycles. The van der Waals surface area contributed by atoms with Crippen molar-refractivity contribution in [2.75, 3.05) is 6.61 Å². The zero-order valence-corrected chi connectivity index (χ0v) is 5.72. The number of nitrogens with zero attached hydrogens (tertiary/aromatic N) is 2. The normalized spacial score (nSPS) is 24.1. The second kappa shape index (κ2) is 2.72. The lowest BCUT2D eigenvalue weighted by atomic mass is 10.8. The third-order valence-corrected chi connectivity index (χ3v) is 1.36. The highest BCUT2D eigenvalue weighted by atomic mass is 32.2. The number of hydrogen-bond acceptors (Lipinski definition) is 3. The Kier molecular flexibility index (Phi) is 1.94. The largest absolute Gasteiger partial charge is 0.476 e. The Morgan fingerprint density at radius 3 is 3.11 bits per heavy atom. The topological polar surface area (TPSA) is 51.0 Å². The van der Waals surface area contributed by atoms with E-state index in [1.54, 1.807) is 0 Å². The highest BCUT2D eigenvalue weighted by Crippen LogP contribution is 2.10. The molecule has 1 rings (SSSR count). The van der Waals surface area contributed by atoms with Crippen molar-refractivity contribution in [3.8, 4) is 0 Å². The van der Waals surface area contributed by atoms with E-state index in [4.69, 9.17) is 4.74 Å². The fourth-order valence-corrected chi connectivity index (χ4v) is 0.920. The predicted molar refractivity (Wildman–Crippen MR) is 32.7 cm³/mol. The molecule has 4 nitrogen and oxygen atoms in total. The highest BCUT2D eigenvalue weighted by Gasteiger charge is 2.05. The van der Waals surface area contributed by atoms with Crippen LogP contribution in [-0.4, -0.2) is 10.8 Å². The van der Waals surface area contributed by atoms with Crippen LogP contribution >= 0.6 is 0 Å². The minimum atomic E-state index is -1.28. The van der Waals surface area contributed by atoms with Crippen LogP contribution in [0.3, 0.4) is 0 Å². The Bertz CT molecular complexity index is 187. The van der Waals surface area contributed by atoms with Gasteiger partial charge in [-0.2, -0.15) is 0 Å². The van der Waals surface area contributed by atoms with Crippen molar-refractivity contribution in [1.82, 2.24) is 0 Å². The first-order chi connectivity index (χ1) is 4.33. The summed E-state index contributed by atoms with van der Waals surface area (Å²) in [5.41, 5.74) is 0. The van der Waals surface area contributed by atoms with Crippen molar-refractivity contribution in [1.29, 1.82) is 0 Å². The van der Waals surface area contributed by atoms with Gasteiger partial charge < -0.3 is 4.74 Å². The van der Waals surface area contributed by atoms with Crippen molar-refractivity contribution in [3.05, 3.63) is 11.3 Å². The number of hydrogen-bond donors (Lipinski definition) is 0. The van der Waals surface area contributed by atoms with Crippen LogP contribution in [0.2, 0.25) is 0 Å². The lowest BCUT2D eigenvalue weighted by Gasteiger charge is -1.93. The summed E-state index contributed by atoms with van der Waals surface area (Å²) in [6, 6.07) is 0. The number of rotatable bonds is 2. The molecule has 0 aromatic carbocycles. The van der Waals surface area contributed by atoms with Gasteiger partial charge in [0, 0.05) is 0 Å². The molecular formula is C4H6N2O2S. The van der Waals surface area contributed by atoms with Gasteiger partial charge in [-0.15, -0.1) is 5.11 Å². The molecule has 1 aliphatic rings. The summed E-state index contributed by atoms with van der Waals surface area (Å²) >= 11 is 0. The first-order valence-electron chi connectivity index (χ1n) is 2.50. The molecule has 0 aromatic heterocycles. The minimum Gasteiger partial charge on any atom is -0.476 e. The van der Waals surface area contributed by atoms with E-state index in [2.05, 4.69) is 9.63 Å². The SMILES string of the molecule is CCOC1=CS(=O)N=N1. The Balaban J connectivity index is 2.53. The van der Waals surface area contributed by atoms with Gasteiger partial charge in [-0.1, -0.05) is 4.52 Å². The van der Waals surface area contributed by atoms with Crippen LogP contribution in [-0.2, 0) is 15.7 Å². The molecule has 0 N–H and O–H groups in total. The first-order valence-corrected chi connectivity index (χ1v) is 3.67. The molecule has 9 heavy (non-hydrogen) atoms. The summed E-state index contributed by atoms with van der Waals surface area (Å²) in [6.07, 6.45) is 0. The average molecular weight is 146 g/mol. The van der Waals surface area contributed by atoms with Crippen LogP contribution in [0.4, 0.5) is 0 Å². The van der Waals surface area contributed by atoms with Crippen LogP contribution in [0.15, 0.2) is 20.9 Å². The molecule has 1 unspecified atom stereocenters. The number of ether oxygens (including phenoxy) is 1. The molecule has 50 valence electrons. The Hall–Kier alpha value is -0.710. The van der Waals surface area contributed by atoms with Crippen molar-refractivity contribution in [2.24, 2.45) is 9.63 Å². The van der Waals surface area contributed by atoms with Crippen LogP contribution in [0, 0.1) is 0 Å². The Labute approximate surface area is 55.2 Å². The maximum absolute atomic E-state index is 10.4. The summed E-state index contributed by atoms with van der Waals surface area (Å²) in [5.74, 6) is 0.357. The smallest absolute Gasteiger partial charge is 0.245 e. The highest BCUT2D eigenvalue weighted by molar-refractivity contribution is 7.86. The molecule has 0 fully saturated rings. The van der Waals surface area contributed by atoms with Crippen LogP contribution in [0.25, 0.3) is 0 Å². The van der Waals surface area contributed by atoms with Gasteiger partial charge in [-0.05, 0) is 6.92 Å². The van der Waals surface area contributed by atoms with Gasteiger partial charge in [0.25, 0.3) is 0 Å². The van der Waals surface area contributed by atoms with E-state index in [1.165, 1.54) is 5.41 Å². The molecule has 1 atom stereocenters. The third kappa shape index (κ3) is 1.60. The van der Waals surface area contributed by atoms with Crippen molar-refractivity contribution >= 4 is 11.0 Å². The first kappa shape index (κ1) is 6.41. The van der Waals surface area contributed by atoms with Gasteiger partial charge >= 0.3 is 0 Å². The van der Waals surface area contributed by atoms with Crippen LogP contribution in [0.1, 0.15) is 6.92 Å². The van der Waals surface area contributed by atoms with Gasteiger partial charge in [0.15, 0.2) is 11.0 Å². The molecule has 0 amide bonds. The monoisotopic (exact) mass is 146 g/mol. The fraction of sp³-hybridized carbons (Fsp3) is 0.500. The maximum Gasteiger partial charge on any atom is 0.245 e. The second-order valence-corrected chi connectivity index (χ2v) is 2.30. The molecule has 0 aromatic rings. The summed E-state index contributed by atoms with van der Waals surface area (Å²) in [4.78, 5) is 0. The third-order valence-electron chi connectivity index (χ3n) is 0.714. The molecular weight excluding hydrogens is 140 g/mol. The molecule has 5 heteroatoms. The Morgan fingerprint density at radius 1 is 1.89 bits per heavy atom.